The summed E-state index contributed by atoms with van der Waals surface area (Å²) in [4.78, 5) is 11.7. The molecule has 0 aliphatic carbocycles. The minimum atomic E-state index is -0.250. The summed E-state index contributed by atoms with van der Waals surface area (Å²) in [6.45, 7) is 2.51. The van der Waals surface area contributed by atoms with Crippen molar-refractivity contribution in [1.29, 1.82) is 0 Å². The van der Waals surface area contributed by atoms with Gasteiger partial charge in [-0.05, 0) is 42.8 Å². The second-order valence-electron chi connectivity index (χ2n) is 4.97. The average molecular weight is 433 g/mol. The summed E-state index contributed by atoms with van der Waals surface area (Å²) in [7, 11) is 0. The van der Waals surface area contributed by atoms with Crippen molar-refractivity contribution in [3.8, 4) is 11.5 Å². The van der Waals surface area contributed by atoms with Crippen LogP contribution in [0.4, 0.5) is 0 Å². The lowest BCUT2D eigenvalue weighted by molar-refractivity contribution is -0.123. The van der Waals surface area contributed by atoms with Crippen LogP contribution >= 0.6 is 39.1 Å². The number of amides is 1. The van der Waals surface area contributed by atoms with E-state index >= 15 is 0 Å². The number of benzene rings is 2. The van der Waals surface area contributed by atoms with Gasteiger partial charge in [0.15, 0.2) is 6.61 Å². The molecule has 7 heteroatoms. The second kappa shape index (κ2) is 9.16. The molecule has 1 N–H and O–H groups in total. The van der Waals surface area contributed by atoms with E-state index in [1.807, 2.05) is 19.1 Å². The number of aryl methyl sites for hydroxylation is 1. The molecule has 24 heavy (non-hydrogen) atoms. The van der Waals surface area contributed by atoms with Crippen molar-refractivity contribution >= 4 is 45.0 Å². The van der Waals surface area contributed by atoms with E-state index < -0.39 is 0 Å². The first kappa shape index (κ1) is 18.9. The van der Waals surface area contributed by atoms with Gasteiger partial charge in [0.05, 0.1) is 11.6 Å². The first-order chi connectivity index (χ1) is 11.5. The molecule has 0 radical (unpaired) electrons. The largest absolute Gasteiger partial charge is 0.492 e. The van der Waals surface area contributed by atoms with E-state index in [0.717, 1.165) is 10.0 Å². The Morgan fingerprint density at radius 3 is 2.62 bits per heavy atom. The van der Waals surface area contributed by atoms with E-state index in [-0.39, 0.29) is 12.5 Å². The first-order valence-electron chi connectivity index (χ1n) is 7.19. The van der Waals surface area contributed by atoms with Gasteiger partial charge in [-0.3, -0.25) is 4.79 Å². The number of ether oxygens (including phenoxy) is 2. The van der Waals surface area contributed by atoms with Gasteiger partial charge in [0.1, 0.15) is 18.1 Å². The SMILES string of the molecule is Cc1ccc(OCCNC(=O)COc2ccc(Br)cc2Cl)cc1Cl. The van der Waals surface area contributed by atoms with Crippen LogP contribution in [-0.2, 0) is 4.79 Å². The van der Waals surface area contributed by atoms with Crippen molar-refractivity contribution in [3.05, 3.63) is 56.5 Å². The van der Waals surface area contributed by atoms with Gasteiger partial charge in [0, 0.05) is 9.50 Å². The molecule has 1 amide bonds. The maximum Gasteiger partial charge on any atom is 0.258 e. The normalized spacial score (nSPS) is 10.3. The molecule has 0 heterocycles. The zero-order valence-electron chi connectivity index (χ0n) is 12.9. The predicted molar refractivity (Wildman–Crippen MR) is 99.3 cm³/mol. The lowest BCUT2D eigenvalue weighted by Crippen LogP contribution is -2.32. The Balaban J connectivity index is 1.68. The van der Waals surface area contributed by atoms with E-state index in [4.69, 9.17) is 32.7 Å². The summed E-state index contributed by atoms with van der Waals surface area (Å²) < 4.78 is 11.7. The van der Waals surface area contributed by atoms with E-state index in [1.165, 1.54) is 0 Å². The smallest absolute Gasteiger partial charge is 0.258 e. The summed E-state index contributed by atoms with van der Waals surface area (Å²) in [6, 6.07) is 10.7. The highest BCUT2D eigenvalue weighted by Gasteiger charge is 2.06. The molecule has 128 valence electrons. The van der Waals surface area contributed by atoms with Crippen LogP contribution in [0.3, 0.4) is 0 Å². The number of hydrogen-bond acceptors (Lipinski definition) is 3. The molecule has 2 aromatic rings. The summed E-state index contributed by atoms with van der Waals surface area (Å²) in [5, 5.41) is 3.80. The topological polar surface area (TPSA) is 47.6 Å². The van der Waals surface area contributed by atoms with E-state index in [0.29, 0.717) is 34.7 Å². The van der Waals surface area contributed by atoms with Gasteiger partial charge in [-0.1, -0.05) is 45.2 Å². The molecule has 0 bridgehead atoms. The molecule has 0 saturated heterocycles. The van der Waals surface area contributed by atoms with Crippen molar-refractivity contribution in [2.75, 3.05) is 19.8 Å². The number of rotatable bonds is 7. The molecule has 0 fully saturated rings. The molecule has 0 saturated carbocycles. The standard InChI is InChI=1S/C17H16BrCl2NO3/c1-11-2-4-13(9-14(11)19)23-7-6-21-17(22)10-24-16-5-3-12(18)8-15(16)20/h2-5,8-9H,6-7,10H2,1H3,(H,21,22). The monoisotopic (exact) mass is 431 g/mol. The Bertz CT molecular complexity index is 725. The quantitative estimate of drug-likeness (QED) is 0.648. The molecule has 2 rings (SSSR count). The predicted octanol–water partition coefficient (Wildman–Crippen LogP) is 4.64. The first-order valence-corrected chi connectivity index (χ1v) is 8.74. The fraction of sp³-hybridized carbons (Fsp3) is 0.235. The number of nitrogens with one attached hydrogen (secondary N) is 1. The molecule has 0 unspecified atom stereocenters. The lowest BCUT2D eigenvalue weighted by atomic mass is 10.2. The van der Waals surface area contributed by atoms with Gasteiger partial charge < -0.3 is 14.8 Å². The van der Waals surface area contributed by atoms with E-state index in [1.54, 1.807) is 24.3 Å². The molecule has 0 aliphatic heterocycles. The lowest BCUT2D eigenvalue weighted by Gasteiger charge is -2.10. The Hall–Kier alpha value is -1.43. The highest BCUT2D eigenvalue weighted by atomic mass is 79.9. The molecule has 2 aromatic carbocycles. The fourth-order valence-corrected chi connectivity index (χ4v) is 2.71. The van der Waals surface area contributed by atoms with Crippen LogP contribution in [0.5, 0.6) is 11.5 Å². The van der Waals surface area contributed by atoms with Gasteiger partial charge in [-0.2, -0.15) is 0 Å². The Morgan fingerprint density at radius 2 is 1.92 bits per heavy atom. The third-order valence-electron chi connectivity index (χ3n) is 3.09. The van der Waals surface area contributed by atoms with Gasteiger partial charge in [0.25, 0.3) is 5.91 Å². The van der Waals surface area contributed by atoms with E-state index in [2.05, 4.69) is 21.2 Å². The van der Waals surface area contributed by atoms with Crippen molar-refractivity contribution in [2.24, 2.45) is 0 Å². The minimum absolute atomic E-state index is 0.113. The Morgan fingerprint density at radius 1 is 1.12 bits per heavy atom. The van der Waals surface area contributed by atoms with Crippen LogP contribution in [0.25, 0.3) is 0 Å². The van der Waals surface area contributed by atoms with Gasteiger partial charge in [-0.15, -0.1) is 0 Å². The minimum Gasteiger partial charge on any atom is -0.492 e. The fourth-order valence-electron chi connectivity index (χ4n) is 1.81. The zero-order chi connectivity index (χ0) is 17.5. The highest BCUT2D eigenvalue weighted by Crippen LogP contribution is 2.27. The third kappa shape index (κ3) is 5.89. The summed E-state index contributed by atoms with van der Waals surface area (Å²) in [5.41, 5.74) is 0.987. The summed E-state index contributed by atoms with van der Waals surface area (Å²) >= 11 is 15.3. The molecular formula is C17H16BrCl2NO3. The molecular weight excluding hydrogens is 417 g/mol. The van der Waals surface area contributed by atoms with Crippen molar-refractivity contribution < 1.29 is 14.3 Å². The molecule has 0 aromatic heterocycles. The van der Waals surface area contributed by atoms with Crippen molar-refractivity contribution in [2.45, 2.75) is 6.92 Å². The average Bonchev–Trinajstić information content (AvgIpc) is 2.54. The van der Waals surface area contributed by atoms with Gasteiger partial charge >= 0.3 is 0 Å². The summed E-state index contributed by atoms with van der Waals surface area (Å²) in [5.74, 6) is 0.873. The molecule has 0 aliphatic rings. The van der Waals surface area contributed by atoms with Crippen LogP contribution in [0.15, 0.2) is 40.9 Å². The number of carbonyl (C=O) groups is 1. The second-order valence-corrected chi connectivity index (χ2v) is 6.70. The molecule has 0 atom stereocenters. The van der Waals surface area contributed by atoms with Crippen LogP contribution in [0, 0.1) is 6.92 Å². The van der Waals surface area contributed by atoms with Crippen LogP contribution in [0.1, 0.15) is 5.56 Å². The van der Waals surface area contributed by atoms with Gasteiger partial charge in [-0.25, -0.2) is 0 Å². The highest BCUT2D eigenvalue weighted by molar-refractivity contribution is 9.10. The van der Waals surface area contributed by atoms with Crippen LogP contribution in [0.2, 0.25) is 10.0 Å². The van der Waals surface area contributed by atoms with Crippen molar-refractivity contribution in [3.63, 3.8) is 0 Å². The van der Waals surface area contributed by atoms with Crippen molar-refractivity contribution in [1.82, 2.24) is 5.32 Å². The number of carbonyl (C=O) groups excluding carboxylic acids is 1. The Labute approximate surface area is 159 Å². The molecule has 4 nitrogen and oxygen atoms in total. The maximum absolute atomic E-state index is 11.7. The number of halogens is 3. The Kier molecular flexibility index (Phi) is 7.21. The van der Waals surface area contributed by atoms with Crippen LogP contribution < -0.4 is 14.8 Å². The van der Waals surface area contributed by atoms with Gasteiger partial charge in [0.2, 0.25) is 0 Å². The molecule has 0 spiro atoms. The number of hydrogen-bond donors (Lipinski definition) is 1. The maximum atomic E-state index is 11.7. The van der Waals surface area contributed by atoms with Crippen LogP contribution in [-0.4, -0.2) is 25.7 Å². The van der Waals surface area contributed by atoms with E-state index in [9.17, 15) is 4.79 Å². The summed E-state index contributed by atoms with van der Waals surface area (Å²) in [6.07, 6.45) is 0. The zero-order valence-corrected chi connectivity index (χ0v) is 16.0. The third-order valence-corrected chi connectivity index (χ3v) is 4.28.